The summed E-state index contributed by atoms with van der Waals surface area (Å²) < 4.78 is 5.36. The van der Waals surface area contributed by atoms with Crippen molar-refractivity contribution in [2.75, 3.05) is 6.61 Å². The Morgan fingerprint density at radius 1 is 0.944 bits per heavy atom. The van der Waals surface area contributed by atoms with E-state index in [1.165, 1.54) is 5.56 Å². The molecule has 1 aromatic heterocycles. The standard InChI is InChI=1S/C12H11Cl2N3O/c13-10-15-11(14)17-12(16-10)18-8-4-7-9-5-2-1-3-6-9/h1-3,5-6H,4,7-8H2. The summed E-state index contributed by atoms with van der Waals surface area (Å²) in [5.74, 6) is 0. The van der Waals surface area contributed by atoms with Crippen LogP contribution in [0.2, 0.25) is 10.6 Å². The lowest BCUT2D eigenvalue weighted by Crippen LogP contribution is -2.03. The van der Waals surface area contributed by atoms with E-state index in [-0.39, 0.29) is 16.6 Å². The van der Waals surface area contributed by atoms with E-state index >= 15 is 0 Å². The minimum Gasteiger partial charge on any atom is -0.463 e. The van der Waals surface area contributed by atoms with Crippen LogP contribution in [0.5, 0.6) is 6.01 Å². The first kappa shape index (κ1) is 13.1. The van der Waals surface area contributed by atoms with Gasteiger partial charge in [-0.15, -0.1) is 0 Å². The van der Waals surface area contributed by atoms with Crippen LogP contribution < -0.4 is 4.74 Å². The first-order chi connectivity index (χ1) is 8.74. The molecule has 94 valence electrons. The third-order valence-electron chi connectivity index (χ3n) is 2.24. The van der Waals surface area contributed by atoms with Crippen molar-refractivity contribution >= 4 is 23.2 Å². The topological polar surface area (TPSA) is 47.9 Å². The van der Waals surface area contributed by atoms with Gasteiger partial charge in [-0.2, -0.15) is 15.0 Å². The highest BCUT2D eigenvalue weighted by Gasteiger charge is 2.03. The highest BCUT2D eigenvalue weighted by atomic mass is 35.5. The third-order valence-corrected chi connectivity index (χ3v) is 2.58. The fourth-order valence-electron chi connectivity index (χ4n) is 1.46. The molecule has 1 heterocycles. The molecule has 0 fully saturated rings. The summed E-state index contributed by atoms with van der Waals surface area (Å²) in [7, 11) is 0. The lowest BCUT2D eigenvalue weighted by atomic mass is 10.1. The number of aromatic nitrogens is 3. The summed E-state index contributed by atoms with van der Waals surface area (Å²) in [5.41, 5.74) is 1.27. The van der Waals surface area contributed by atoms with Crippen LogP contribution in [0.1, 0.15) is 12.0 Å². The molecule has 0 unspecified atom stereocenters. The molecule has 1 aromatic carbocycles. The molecule has 0 aliphatic heterocycles. The summed E-state index contributed by atoms with van der Waals surface area (Å²) in [6.45, 7) is 0.506. The Hall–Kier alpha value is -1.39. The van der Waals surface area contributed by atoms with Crippen LogP contribution in [0.25, 0.3) is 0 Å². The molecule has 0 saturated carbocycles. The second-order valence-corrected chi connectivity index (χ2v) is 4.27. The maximum absolute atomic E-state index is 5.63. The van der Waals surface area contributed by atoms with Crippen molar-refractivity contribution in [2.45, 2.75) is 12.8 Å². The smallest absolute Gasteiger partial charge is 0.322 e. The van der Waals surface area contributed by atoms with E-state index in [1.54, 1.807) is 0 Å². The normalized spacial score (nSPS) is 10.3. The van der Waals surface area contributed by atoms with Crippen molar-refractivity contribution in [2.24, 2.45) is 0 Å². The lowest BCUT2D eigenvalue weighted by molar-refractivity contribution is 0.285. The van der Waals surface area contributed by atoms with Gasteiger partial charge in [0.25, 0.3) is 0 Å². The number of ether oxygens (including phenoxy) is 1. The van der Waals surface area contributed by atoms with Crippen molar-refractivity contribution in [3.8, 4) is 6.01 Å². The van der Waals surface area contributed by atoms with E-state index in [1.807, 2.05) is 18.2 Å². The van der Waals surface area contributed by atoms with Gasteiger partial charge in [-0.1, -0.05) is 30.3 Å². The molecule has 0 bridgehead atoms. The second kappa shape index (κ2) is 6.52. The molecule has 0 N–H and O–H groups in total. The van der Waals surface area contributed by atoms with Gasteiger partial charge in [0.1, 0.15) is 0 Å². The average molecular weight is 284 g/mol. The van der Waals surface area contributed by atoms with Gasteiger partial charge >= 0.3 is 6.01 Å². The largest absolute Gasteiger partial charge is 0.463 e. The second-order valence-electron chi connectivity index (χ2n) is 3.59. The molecule has 2 rings (SSSR count). The van der Waals surface area contributed by atoms with E-state index in [0.717, 1.165) is 12.8 Å². The minimum absolute atomic E-state index is 0.0352. The van der Waals surface area contributed by atoms with Crippen molar-refractivity contribution in [1.82, 2.24) is 15.0 Å². The zero-order valence-electron chi connectivity index (χ0n) is 9.51. The Labute approximate surface area is 115 Å². The molecule has 0 saturated heterocycles. The van der Waals surface area contributed by atoms with E-state index in [4.69, 9.17) is 27.9 Å². The first-order valence-electron chi connectivity index (χ1n) is 5.48. The Kier molecular flexibility index (Phi) is 4.73. The molecule has 0 aliphatic carbocycles. The average Bonchev–Trinajstić information content (AvgIpc) is 2.35. The summed E-state index contributed by atoms with van der Waals surface area (Å²) in [6.07, 6.45) is 1.80. The van der Waals surface area contributed by atoms with Crippen LogP contribution in [0.4, 0.5) is 0 Å². The Morgan fingerprint density at radius 3 is 2.28 bits per heavy atom. The van der Waals surface area contributed by atoms with Gasteiger partial charge < -0.3 is 4.74 Å². The summed E-state index contributed by atoms with van der Waals surface area (Å²) in [5, 5.41) is 0.0705. The van der Waals surface area contributed by atoms with Gasteiger partial charge in [-0.25, -0.2) is 0 Å². The van der Waals surface area contributed by atoms with Crippen LogP contribution in [0, 0.1) is 0 Å². The fraction of sp³-hybridized carbons (Fsp3) is 0.250. The zero-order chi connectivity index (χ0) is 12.8. The highest BCUT2D eigenvalue weighted by Crippen LogP contribution is 2.11. The molecule has 4 nitrogen and oxygen atoms in total. The van der Waals surface area contributed by atoms with Gasteiger partial charge in [0.05, 0.1) is 6.61 Å². The predicted octanol–water partition coefficient (Wildman–Crippen LogP) is 3.19. The number of halogens is 2. The molecule has 2 aromatic rings. The van der Waals surface area contributed by atoms with Gasteiger partial charge in [-0.05, 0) is 41.6 Å². The number of benzene rings is 1. The Morgan fingerprint density at radius 2 is 1.61 bits per heavy atom. The molecule has 0 aliphatic rings. The minimum atomic E-state index is 0.0352. The van der Waals surface area contributed by atoms with Crippen molar-refractivity contribution in [1.29, 1.82) is 0 Å². The van der Waals surface area contributed by atoms with Crippen LogP contribution >= 0.6 is 23.2 Å². The molecule has 18 heavy (non-hydrogen) atoms. The summed E-state index contributed by atoms with van der Waals surface area (Å²) in [6, 6.07) is 10.3. The van der Waals surface area contributed by atoms with E-state index in [0.29, 0.717) is 6.61 Å². The zero-order valence-corrected chi connectivity index (χ0v) is 11.0. The Bertz CT molecular complexity index is 488. The molecule has 0 atom stereocenters. The molecule has 0 radical (unpaired) electrons. The highest BCUT2D eigenvalue weighted by molar-refractivity contribution is 6.31. The number of aryl methyl sites for hydroxylation is 1. The third kappa shape index (κ3) is 4.13. The quantitative estimate of drug-likeness (QED) is 0.791. The SMILES string of the molecule is Clc1nc(Cl)nc(OCCCc2ccccc2)n1. The van der Waals surface area contributed by atoms with E-state index < -0.39 is 0 Å². The van der Waals surface area contributed by atoms with Crippen LogP contribution in [0.3, 0.4) is 0 Å². The monoisotopic (exact) mass is 283 g/mol. The van der Waals surface area contributed by atoms with Crippen LogP contribution in [-0.4, -0.2) is 21.6 Å². The fourth-order valence-corrected chi connectivity index (χ4v) is 1.81. The predicted molar refractivity (Wildman–Crippen MR) is 70.1 cm³/mol. The molecular weight excluding hydrogens is 273 g/mol. The maximum atomic E-state index is 5.63. The lowest BCUT2D eigenvalue weighted by Gasteiger charge is -2.04. The van der Waals surface area contributed by atoms with Gasteiger partial charge in [0.15, 0.2) is 0 Å². The molecule has 6 heteroatoms. The number of hydrogen-bond acceptors (Lipinski definition) is 4. The number of nitrogens with zero attached hydrogens (tertiary/aromatic N) is 3. The van der Waals surface area contributed by atoms with E-state index in [2.05, 4.69) is 27.1 Å². The van der Waals surface area contributed by atoms with Crippen LogP contribution in [-0.2, 0) is 6.42 Å². The maximum Gasteiger partial charge on any atom is 0.322 e. The van der Waals surface area contributed by atoms with Gasteiger partial charge in [-0.3, -0.25) is 0 Å². The van der Waals surface area contributed by atoms with Crippen molar-refractivity contribution in [3.05, 3.63) is 46.5 Å². The summed E-state index contributed by atoms with van der Waals surface area (Å²) in [4.78, 5) is 11.3. The molecular formula is C12H11Cl2N3O. The van der Waals surface area contributed by atoms with Gasteiger partial charge in [0, 0.05) is 0 Å². The number of hydrogen-bond donors (Lipinski definition) is 0. The first-order valence-corrected chi connectivity index (χ1v) is 6.23. The van der Waals surface area contributed by atoms with Crippen molar-refractivity contribution < 1.29 is 4.74 Å². The van der Waals surface area contributed by atoms with Crippen LogP contribution in [0.15, 0.2) is 30.3 Å². The Balaban J connectivity index is 1.78. The molecule has 0 amide bonds. The van der Waals surface area contributed by atoms with Gasteiger partial charge in [0.2, 0.25) is 10.6 Å². The van der Waals surface area contributed by atoms with Crippen molar-refractivity contribution in [3.63, 3.8) is 0 Å². The van der Waals surface area contributed by atoms with E-state index in [9.17, 15) is 0 Å². The number of rotatable bonds is 5. The molecule has 0 spiro atoms. The summed E-state index contributed by atoms with van der Waals surface area (Å²) >= 11 is 11.3.